The van der Waals surface area contributed by atoms with Gasteiger partial charge in [0.2, 0.25) is 0 Å². The van der Waals surface area contributed by atoms with E-state index in [1.54, 1.807) is 18.2 Å². The summed E-state index contributed by atoms with van der Waals surface area (Å²) in [5, 5.41) is 0. The molecule has 118 valence electrons. The minimum atomic E-state index is -0.543. The molecule has 0 aromatic heterocycles. The fourth-order valence-electron chi connectivity index (χ4n) is 1.94. The molecule has 0 fully saturated rings. The molecule has 0 aliphatic heterocycles. The van der Waals surface area contributed by atoms with Gasteiger partial charge in [0, 0.05) is 12.5 Å². The summed E-state index contributed by atoms with van der Waals surface area (Å²) < 4.78 is 9.90. The van der Waals surface area contributed by atoms with Gasteiger partial charge in [0.15, 0.2) is 12.4 Å². The van der Waals surface area contributed by atoms with Crippen molar-refractivity contribution in [3.8, 4) is 5.75 Å². The summed E-state index contributed by atoms with van der Waals surface area (Å²) in [5.74, 6) is -0.957. The van der Waals surface area contributed by atoms with Gasteiger partial charge in [-0.05, 0) is 43.3 Å². The van der Waals surface area contributed by atoms with Crippen molar-refractivity contribution in [1.82, 2.24) is 0 Å². The van der Waals surface area contributed by atoms with E-state index in [4.69, 9.17) is 9.47 Å². The number of carbonyl (C=O) groups is 3. The highest BCUT2D eigenvalue weighted by atomic mass is 16.5. The van der Waals surface area contributed by atoms with E-state index in [0.717, 1.165) is 5.56 Å². The molecule has 2 aromatic carbocycles. The Morgan fingerprint density at radius 2 is 1.65 bits per heavy atom. The van der Waals surface area contributed by atoms with Crippen molar-refractivity contribution in [3.05, 3.63) is 65.2 Å². The summed E-state index contributed by atoms with van der Waals surface area (Å²) in [6.45, 7) is 2.82. The van der Waals surface area contributed by atoms with Gasteiger partial charge < -0.3 is 9.47 Å². The first-order chi connectivity index (χ1) is 11.0. The van der Waals surface area contributed by atoms with Gasteiger partial charge in [-0.25, -0.2) is 4.79 Å². The molecule has 5 nitrogen and oxygen atoms in total. The number of carbonyl (C=O) groups excluding carboxylic acids is 3. The molecule has 2 aromatic rings. The number of Topliss-reactive ketones (excluding diaryl/α,β-unsaturated/α-hetero) is 1. The monoisotopic (exact) mass is 312 g/mol. The third-order valence-corrected chi connectivity index (χ3v) is 3.03. The van der Waals surface area contributed by atoms with Gasteiger partial charge >= 0.3 is 11.9 Å². The first-order valence-electron chi connectivity index (χ1n) is 7.01. The van der Waals surface area contributed by atoms with E-state index in [1.807, 2.05) is 13.0 Å². The Morgan fingerprint density at radius 3 is 2.26 bits per heavy atom. The van der Waals surface area contributed by atoms with Gasteiger partial charge in [0.25, 0.3) is 0 Å². The smallest absolute Gasteiger partial charge is 0.338 e. The van der Waals surface area contributed by atoms with Crippen LogP contribution in [0.4, 0.5) is 0 Å². The first-order valence-corrected chi connectivity index (χ1v) is 7.01. The Kier molecular flexibility index (Phi) is 5.25. The summed E-state index contributed by atoms with van der Waals surface area (Å²) in [6, 6.07) is 13.0. The first kappa shape index (κ1) is 16.4. The molecule has 0 aliphatic carbocycles. The van der Waals surface area contributed by atoms with Crippen LogP contribution in [-0.2, 0) is 9.53 Å². The molecule has 0 spiro atoms. The van der Waals surface area contributed by atoms with Crippen LogP contribution >= 0.6 is 0 Å². The zero-order valence-electron chi connectivity index (χ0n) is 12.9. The highest BCUT2D eigenvalue weighted by Crippen LogP contribution is 2.13. The Bertz CT molecular complexity index is 731. The van der Waals surface area contributed by atoms with Gasteiger partial charge in [-0.1, -0.05) is 17.7 Å². The lowest BCUT2D eigenvalue weighted by molar-refractivity contribution is -0.131. The summed E-state index contributed by atoms with van der Waals surface area (Å²) in [7, 11) is 0. The highest BCUT2D eigenvalue weighted by Gasteiger charge is 2.12. The van der Waals surface area contributed by atoms with Crippen molar-refractivity contribution in [2.24, 2.45) is 0 Å². The minimum absolute atomic E-state index is 0.333. The largest absolute Gasteiger partial charge is 0.454 e. The Hall–Kier alpha value is -2.95. The summed E-state index contributed by atoms with van der Waals surface area (Å²) >= 11 is 0. The second kappa shape index (κ2) is 7.35. The van der Waals surface area contributed by atoms with E-state index in [-0.39, 0.29) is 12.4 Å². The molecule has 0 heterocycles. The van der Waals surface area contributed by atoms with Crippen LogP contribution in [0.15, 0.2) is 48.5 Å². The predicted octanol–water partition coefficient (Wildman–Crippen LogP) is 2.96. The van der Waals surface area contributed by atoms with Crippen LogP contribution in [0.25, 0.3) is 0 Å². The van der Waals surface area contributed by atoms with Crippen molar-refractivity contribution < 1.29 is 23.9 Å². The molecule has 2 rings (SSSR count). The van der Waals surface area contributed by atoms with Crippen LogP contribution in [0.5, 0.6) is 5.75 Å². The van der Waals surface area contributed by atoms with Crippen LogP contribution in [0.3, 0.4) is 0 Å². The fraction of sp³-hybridized carbons (Fsp3) is 0.167. The zero-order valence-corrected chi connectivity index (χ0v) is 12.9. The maximum Gasteiger partial charge on any atom is 0.338 e. The summed E-state index contributed by atoms with van der Waals surface area (Å²) in [4.78, 5) is 34.7. The van der Waals surface area contributed by atoms with Crippen molar-refractivity contribution in [3.63, 3.8) is 0 Å². The van der Waals surface area contributed by atoms with Gasteiger partial charge in [-0.2, -0.15) is 0 Å². The maximum atomic E-state index is 12.0. The molecule has 0 N–H and O–H groups in total. The molecular formula is C18H16O5. The summed E-state index contributed by atoms with van der Waals surface area (Å²) in [5.41, 5.74) is 1.72. The third-order valence-electron chi connectivity index (χ3n) is 3.03. The molecule has 0 saturated carbocycles. The van der Waals surface area contributed by atoms with Crippen LogP contribution in [0, 0.1) is 6.92 Å². The maximum absolute atomic E-state index is 12.0. The molecular weight excluding hydrogens is 296 g/mol. The number of hydrogen-bond donors (Lipinski definition) is 0. The molecule has 0 unspecified atom stereocenters. The zero-order chi connectivity index (χ0) is 16.8. The molecule has 0 saturated heterocycles. The lowest BCUT2D eigenvalue weighted by Crippen LogP contribution is -2.14. The molecule has 0 bridgehead atoms. The lowest BCUT2D eigenvalue weighted by atomic mass is 10.1. The van der Waals surface area contributed by atoms with Crippen LogP contribution in [-0.4, -0.2) is 24.3 Å². The molecule has 0 radical (unpaired) electrons. The van der Waals surface area contributed by atoms with Crippen molar-refractivity contribution in [1.29, 1.82) is 0 Å². The lowest BCUT2D eigenvalue weighted by Gasteiger charge is -2.06. The van der Waals surface area contributed by atoms with E-state index in [2.05, 4.69) is 0 Å². The number of esters is 2. The van der Waals surface area contributed by atoms with E-state index >= 15 is 0 Å². The van der Waals surface area contributed by atoms with Gasteiger partial charge in [0.1, 0.15) is 5.75 Å². The van der Waals surface area contributed by atoms with E-state index in [1.165, 1.54) is 31.2 Å². The number of hydrogen-bond acceptors (Lipinski definition) is 5. The quantitative estimate of drug-likeness (QED) is 0.482. The van der Waals surface area contributed by atoms with Crippen molar-refractivity contribution in [2.75, 3.05) is 6.61 Å². The molecule has 5 heteroatoms. The number of rotatable bonds is 5. The van der Waals surface area contributed by atoms with E-state index < -0.39 is 11.9 Å². The molecule has 0 amide bonds. The SMILES string of the molecule is CC(=O)Oc1ccc(C(=O)COC(=O)c2cccc(C)c2)cc1. The standard InChI is InChI=1S/C18H16O5/c1-12-4-3-5-15(10-12)18(21)22-11-17(20)14-6-8-16(9-7-14)23-13(2)19/h3-10H,11H2,1-2H3. The second-order valence-corrected chi connectivity index (χ2v) is 4.99. The molecule has 23 heavy (non-hydrogen) atoms. The number of benzene rings is 2. The average molecular weight is 312 g/mol. The predicted molar refractivity (Wildman–Crippen MR) is 83.5 cm³/mol. The molecule has 0 aliphatic rings. The Morgan fingerprint density at radius 1 is 0.957 bits per heavy atom. The Balaban J connectivity index is 1.94. The number of ketones is 1. The fourth-order valence-corrected chi connectivity index (χ4v) is 1.94. The Labute approximate surface area is 133 Å². The van der Waals surface area contributed by atoms with Crippen LogP contribution in [0.2, 0.25) is 0 Å². The summed E-state index contributed by atoms with van der Waals surface area (Å²) in [6.07, 6.45) is 0. The third kappa shape index (κ3) is 4.78. The normalized spacial score (nSPS) is 10.0. The van der Waals surface area contributed by atoms with Crippen molar-refractivity contribution >= 4 is 17.7 Å². The molecule has 0 atom stereocenters. The van der Waals surface area contributed by atoms with Crippen LogP contribution in [0.1, 0.15) is 33.2 Å². The van der Waals surface area contributed by atoms with Gasteiger partial charge in [0.05, 0.1) is 5.56 Å². The van der Waals surface area contributed by atoms with Gasteiger partial charge in [-0.3, -0.25) is 9.59 Å². The average Bonchev–Trinajstić information content (AvgIpc) is 2.52. The topological polar surface area (TPSA) is 69.7 Å². The number of ether oxygens (including phenoxy) is 2. The van der Waals surface area contributed by atoms with Gasteiger partial charge in [-0.15, -0.1) is 0 Å². The van der Waals surface area contributed by atoms with Crippen molar-refractivity contribution in [2.45, 2.75) is 13.8 Å². The van der Waals surface area contributed by atoms with Crippen LogP contribution < -0.4 is 4.74 Å². The van der Waals surface area contributed by atoms with E-state index in [9.17, 15) is 14.4 Å². The number of aryl methyl sites for hydroxylation is 1. The minimum Gasteiger partial charge on any atom is -0.454 e. The second-order valence-electron chi connectivity index (χ2n) is 4.99. The highest BCUT2D eigenvalue weighted by molar-refractivity contribution is 5.99. The van der Waals surface area contributed by atoms with E-state index in [0.29, 0.717) is 16.9 Å².